The van der Waals surface area contributed by atoms with Crippen LogP contribution in [0.25, 0.3) is 10.9 Å². The third-order valence-corrected chi connectivity index (χ3v) is 4.55. The van der Waals surface area contributed by atoms with Crippen molar-refractivity contribution >= 4 is 16.6 Å². The van der Waals surface area contributed by atoms with E-state index in [0.29, 0.717) is 11.1 Å². The third kappa shape index (κ3) is 5.38. The Hall–Kier alpha value is -2.80. The van der Waals surface area contributed by atoms with Crippen molar-refractivity contribution in [2.75, 3.05) is 0 Å². The zero-order chi connectivity index (χ0) is 21.0. The Balaban J connectivity index is 2.02. The number of para-hydroxylation sites is 1. The minimum atomic E-state index is -1.77. The van der Waals surface area contributed by atoms with Crippen LogP contribution < -0.4 is 5.56 Å². The number of fused-ring (bicyclic) bond motifs is 1. The molecule has 0 saturated heterocycles. The first kappa shape index (κ1) is 20.9. The Kier molecular flexibility index (Phi) is 6.59. The van der Waals surface area contributed by atoms with Crippen LogP contribution >= 0.6 is 0 Å². The van der Waals surface area contributed by atoms with Gasteiger partial charge in [-0.3, -0.25) is 9.79 Å². The molecular formula is C23H26N2O4. The minimum Gasteiger partial charge on any atom is -0.363 e. The van der Waals surface area contributed by atoms with Crippen molar-refractivity contribution in [2.45, 2.75) is 45.8 Å². The normalized spacial score (nSPS) is 13.4. The largest absolute Gasteiger partial charge is 0.363 e. The molecule has 6 heteroatoms. The molecule has 1 atom stereocenters. The van der Waals surface area contributed by atoms with Gasteiger partial charge in [-0.25, -0.2) is 0 Å². The number of ether oxygens (including phenoxy) is 1. The second-order valence-corrected chi connectivity index (χ2v) is 7.32. The Morgan fingerprint density at radius 1 is 1.10 bits per heavy atom. The van der Waals surface area contributed by atoms with Crippen molar-refractivity contribution in [1.29, 1.82) is 0 Å². The number of benzene rings is 2. The molecule has 6 nitrogen and oxygen atoms in total. The van der Waals surface area contributed by atoms with Crippen LogP contribution in [-0.2, 0) is 11.2 Å². The van der Waals surface area contributed by atoms with Crippen molar-refractivity contribution in [3.05, 3.63) is 81.6 Å². The molecule has 0 aliphatic carbocycles. The number of aliphatic imine (C=N–C) groups is 1. The van der Waals surface area contributed by atoms with Crippen LogP contribution in [0.5, 0.6) is 0 Å². The summed E-state index contributed by atoms with van der Waals surface area (Å²) in [6.45, 7) is 5.79. The fourth-order valence-corrected chi connectivity index (χ4v) is 3.14. The average Bonchev–Trinajstić information content (AvgIpc) is 2.66. The SMILES string of the molecule is Cc1ccc(C(/N=C(/Cc2cc(=O)[nH]c3ccccc23)C(O)O)OC(C)C)cc1. The number of nitrogens with one attached hydrogen (secondary N) is 1. The van der Waals surface area contributed by atoms with Crippen molar-refractivity contribution in [3.63, 3.8) is 0 Å². The molecule has 0 amide bonds. The lowest BCUT2D eigenvalue weighted by molar-refractivity contribution is 0.000846. The molecule has 0 fully saturated rings. The predicted octanol–water partition coefficient (Wildman–Crippen LogP) is 3.25. The van der Waals surface area contributed by atoms with Crippen molar-refractivity contribution in [3.8, 4) is 0 Å². The van der Waals surface area contributed by atoms with E-state index >= 15 is 0 Å². The fraction of sp³-hybridized carbons (Fsp3) is 0.304. The number of pyridine rings is 1. The first-order chi connectivity index (χ1) is 13.8. The monoisotopic (exact) mass is 394 g/mol. The maximum absolute atomic E-state index is 12.0. The van der Waals surface area contributed by atoms with Gasteiger partial charge in [0, 0.05) is 29.0 Å². The predicted molar refractivity (Wildman–Crippen MR) is 114 cm³/mol. The Morgan fingerprint density at radius 3 is 2.45 bits per heavy atom. The molecule has 1 heterocycles. The number of hydrogen-bond acceptors (Lipinski definition) is 5. The van der Waals surface area contributed by atoms with Crippen LogP contribution in [0.1, 0.15) is 36.8 Å². The molecule has 1 unspecified atom stereocenters. The third-order valence-electron chi connectivity index (χ3n) is 4.55. The number of aliphatic hydroxyl groups is 2. The molecule has 152 valence electrons. The van der Waals surface area contributed by atoms with Crippen molar-refractivity contribution in [1.82, 2.24) is 4.98 Å². The maximum atomic E-state index is 12.0. The molecule has 3 aromatic rings. The molecule has 0 radical (unpaired) electrons. The summed E-state index contributed by atoms with van der Waals surface area (Å²) in [4.78, 5) is 19.3. The number of aryl methyl sites for hydroxylation is 1. The number of nitrogens with zero attached hydrogens (tertiary/aromatic N) is 1. The van der Waals surface area contributed by atoms with Gasteiger partial charge in [0.1, 0.15) is 0 Å². The Morgan fingerprint density at radius 2 is 1.79 bits per heavy atom. The van der Waals surface area contributed by atoms with Gasteiger partial charge in [-0.05, 0) is 32.4 Å². The number of hydrogen-bond donors (Lipinski definition) is 3. The highest BCUT2D eigenvalue weighted by Gasteiger charge is 2.18. The van der Waals surface area contributed by atoms with Crippen LogP contribution in [0.3, 0.4) is 0 Å². The van der Waals surface area contributed by atoms with Crippen LogP contribution in [-0.4, -0.2) is 33.3 Å². The summed E-state index contributed by atoms with van der Waals surface area (Å²) in [6, 6.07) is 16.6. The lowest BCUT2D eigenvalue weighted by Gasteiger charge is -2.20. The molecule has 0 spiro atoms. The van der Waals surface area contributed by atoms with Crippen LogP contribution in [0.4, 0.5) is 0 Å². The van der Waals surface area contributed by atoms with E-state index in [1.54, 1.807) is 0 Å². The van der Waals surface area contributed by atoms with E-state index in [9.17, 15) is 15.0 Å². The van der Waals surface area contributed by atoms with Gasteiger partial charge in [0.15, 0.2) is 12.5 Å². The Bertz CT molecular complexity index is 1050. The lowest BCUT2D eigenvalue weighted by Crippen LogP contribution is -2.25. The lowest BCUT2D eigenvalue weighted by atomic mass is 10.0. The average molecular weight is 394 g/mol. The van der Waals surface area contributed by atoms with E-state index in [-0.39, 0.29) is 23.8 Å². The van der Waals surface area contributed by atoms with Crippen LogP contribution in [0, 0.1) is 6.92 Å². The summed E-state index contributed by atoms with van der Waals surface area (Å²) in [5.41, 5.74) is 3.17. The van der Waals surface area contributed by atoms with E-state index in [0.717, 1.165) is 16.5 Å². The van der Waals surface area contributed by atoms with E-state index < -0.39 is 12.5 Å². The molecule has 0 aliphatic rings. The summed E-state index contributed by atoms with van der Waals surface area (Å²) >= 11 is 0. The number of rotatable bonds is 7. The van der Waals surface area contributed by atoms with Crippen molar-refractivity contribution in [2.24, 2.45) is 4.99 Å². The van der Waals surface area contributed by atoms with Gasteiger partial charge in [-0.15, -0.1) is 0 Å². The Labute approximate surface area is 169 Å². The van der Waals surface area contributed by atoms with Gasteiger partial charge in [-0.2, -0.15) is 0 Å². The molecule has 2 aromatic carbocycles. The first-order valence-corrected chi connectivity index (χ1v) is 9.59. The van der Waals surface area contributed by atoms with Gasteiger partial charge in [0.2, 0.25) is 5.56 Å². The smallest absolute Gasteiger partial charge is 0.248 e. The summed E-state index contributed by atoms with van der Waals surface area (Å²) < 4.78 is 5.93. The summed E-state index contributed by atoms with van der Waals surface area (Å²) in [6.07, 6.45) is -2.44. The quantitative estimate of drug-likeness (QED) is 0.423. The molecule has 3 rings (SSSR count). The van der Waals surface area contributed by atoms with Gasteiger partial charge < -0.3 is 19.9 Å². The van der Waals surface area contributed by atoms with Crippen LogP contribution in [0.15, 0.2) is 64.4 Å². The highest BCUT2D eigenvalue weighted by atomic mass is 16.5. The van der Waals surface area contributed by atoms with E-state index in [4.69, 9.17) is 4.74 Å². The number of H-pyrrole nitrogens is 1. The highest BCUT2D eigenvalue weighted by Crippen LogP contribution is 2.23. The van der Waals surface area contributed by atoms with Gasteiger partial charge in [-0.1, -0.05) is 48.0 Å². The number of aliphatic hydroxyl groups excluding tert-OH is 1. The van der Waals surface area contributed by atoms with E-state index in [2.05, 4.69) is 9.98 Å². The molecule has 0 bridgehead atoms. The fourth-order valence-electron chi connectivity index (χ4n) is 3.14. The molecule has 0 aliphatic heterocycles. The van der Waals surface area contributed by atoms with E-state index in [1.165, 1.54) is 6.07 Å². The van der Waals surface area contributed by atoms with Crippen LogP contribution in [0.2, 0.25) is 0 Å². The zero-order valence-corrected chi connectivity index (χ0v) is 16.8. The second-order valence-electron chi connectivity index (χ2n) is 7.32. The minimum absolute atomic E-state index is 0.109. The second kappa shape index (κ2) is 9.13. The molecule has 0 saturated carbocycles. The van der Waals surface area contributed by atoms with Gasteiger partial charge in [0.05, 0.1) is 11.8 Å². The van der Waals surface area contributed by atoms with Crippen molar-refractivity contribution < 1.29 is 14.9 Å². The van der Waals surface area contributed by atoms with Gasteiger partial charge >= 0.3 is 0 Å². The number of aromatic amines is 1. The molecular weight excluding hydrogens is 368 g/mol. The van der Waals surface area contributed by atoms with Gasteiger partial charge in [0.25, 0.3) is 0 Å². The maximum Gasteiger partial charge on any atom is 0.248 e. The first-order valence-electron chi connectivity index (χ1n) is 9.59. The molecule has 1 aromatic heterocycles. The summed E-state index contributed by atoms with van der Waals surface area (Å²) in [5, 5.41) is 20.8. The zero-order valence-electron chi connectivity index (χ0n) is 16.8. The highest BCUT2D eigenvalue weighted by molar-refractivity contribution is 5.93. The molecule has 3 N–H and O–H groups in total. The van der Waals surface area contributed by atoms with E-state index in [1.807, 2.05) is 69.3 Å². The topological polar surface area (TPSA) is 94.9 Å². The summed E-state index contributed by atoms with van der Waals surface area (Å²) in [5.74, 6) is 0. The molecule has 29 heavy (non-hydrogen) atoms. The summed E-state index contributed by atoms with van der Waals surface area (Å²) in [7, 11) is 0. The standard InChI is InChI=1S/C23H26N2O4/c1-14(2)29-22(16-10-8-15(3)9-11-16)25-20(23(27)28)12-17-13-21(26)24-19-7-5-4-6-18(17)19/h4-11,13-14,22-23,27-28H,12H2,1-3H3,(H,24,26)/b25-20-. The number of aromatic nitrogens is 1.